The summed E-state index contributed by atoms with van der Waals surface area (Å²) in [7, 11) is 1.65. The van der Waals surface area contributed by atoms with Crippen molar-refractivity contribution in [2.24, 2.45) is 0 Å². The van der Waals surface area contributed by atoms with Gasteiger partial charge in [-0.25, -0.2) is 9.97 Å². The van der Waals surface area contributed by atoms with Crippen LogP contribution in [0.25, 0.3) is 0 Å². The summed E-state index contributed by atoms with van der Waals surface area (Å²) in [6, 6.07) is 8.09. The topological polar surface area (TPSA) is 76.6 Å². The molecule has 0 saturated carbocycles. The Kier molecular flexibility index (Phi) is 7.49. The molecule has 2 heterocycles. The molecule has 1 aromatic heterocycles. The first-order chi connectivity index (χ1) is 14.5. The highest BCUT2D eigenvalue weighted by atomic mass is 16.5. The van der Waals surface area contributed by atoms with Crippen LogP contribution in [0.2, 0.25) is 0 Å². The van der Waals surface area contributed by atoms with Gasteiger partial charge in [0, 0.05) is 25.9 Å². The van der Waals surface area contributed by atoms with E-state index in [4.69, 9.17) is 9.47 Å². The smallest absolute Gasteiger partial charge is 0.204 e. The largest absolute Gasteiger partial charge is 0.490 e. The summed E-state index contributed by atoms with van der Waals surface area (Å²) in [6.45, 7) is 8.24. The molecule has 3 rings (SSSR count). The van der Waals surface area contributed by atoms with Crippen molar-refractivity contribution in [2.45, 2.75) is 52.1 Å². The number of methoxy groups -OCH3 is 1. The maximum absolute atomic E-state index is 11.3. The van der Waals surface area contributed by atoms with Gasteiger partial charge in [0.2, 0.25) is 5.75 Å². The van der Waals surface area contributed by atoms with Gasteiger partial charge in [0.05, 0.1) is 13.7 Å². The second kappa shape index (κ2) is 10.3. The summed E-state index contributed by atoms with van der Waals surface area (Å²) in [5, 5.41) is 3.30. The molecule has 162 valence electrons. The van der Waals surface area contributed by atoms with Crippen molar-refractivity contribution >= 4 is 17.4 Å². The number of ether oxygens (including phenoxy) is 2. The standard InChI is InChI=1S/C23H32N4O3/c1-5-11-24-22-21(29-4)23(26-15-25-22)27-12-10-20(14-27)30-19-8-6-18(7-9-19)16(2)13-17(3)28/h6-9,15-16,20H,5,10-14H2,1-4H3,(H,24,25,26)/t16-,20-/m1/s1. The number of carbonyl (C=O) groups excluding carboxylic acids is 1. The van der Waals surface area contributed by atoms with Crippen LogP contribution in [-0.2, 0) is 4.79 Å². The molecular weight excluding hydrogens is 380 g/mol. The Morgan fingerprint density at radius 3 is 2.73 bits per heavy atom. The normalized spacial score (nSPS) is 16.9. The van der Waals surface area contributed by atoms with Gasteiger partial charge in [-0.05, 0) is 37.0 Å². The molecule has 1 fully saturated rings. The molecule has 7 nitrogen and oxygen atoms in total. The van der Waals surface area contributed by atoms with Gasteiger partial charge in [0.25, 0.3) is 0 Å². The highest BCUT2D eigenvalue weighted by molar-refractivity contribution is 5.76. The van der Waals surface area contributed by atoms with Gasteiger partial charge < -0.3 is 24.5 Å². The number of carbonyl (C=O) groups is 1. The Labute approximate surface area is 178 Å². The molecule has 1 aromatic carbocycles. The Bertz CT molecular complexity index is 841. The molecule has 0 amide bonds. The summed E-state index contributed by atoms with van der Waals surface area (Å²) in [5.41, 5.74) is 1.16. The summed E-state index contributed by atoms with van der Waals surface area (Å²) < 4.78 is 11.8. The average molecular weight is 413 g/mol. The summed E-state index contributed by atoms with van der Waals surface area (Å²) >= 11 is 0. The predicted octanol–water partition coefficient (Wildman–Crippen LogP) is 4.05. The average Bonchev–Trinajstić information content (AvgIpc) is 3.20. The fraction of sp³-hybridized carbons (Fsp3) is 0.522. The lowest BCUT2D eigenvalue weighted by Crippen LogP contribution is -2.26. The zero-order chi connectivity index (χ0) is 21.5. The van der Waals surface area contributed by atoms with E-state index in [0.717, 1.165) is 55.4 Å². The number of rotatable bonds is 10. The van der Waals surface area contributed by atoms with Crippen LogP contribution in [-0.4, -0.2) is 48.6 Å². The third-order valence-electron chi connectivity index (χ3n) is 5.32. The zero-order valence-electron chi connectivity index (χ0n) is 18.4. The number of hydrogen-bond acceptors (Lipinski definition) is 7. The number of ketones is 1. The molecule has 0 bridgehead atoms. The number of anilines is 2. The van der Waals surface area contributed by atoms with Crippen LogP contribution in [0.5, 0.6) is 11.5 Å². The molecule has 0 unspecified atom stereocenters. The van der Waals surface area contributed by atoms with Crippen LogP contribution < -0.4 is 19.7 Å². The molecule has 2 aromatic rings. The summed E-state index contributed by atoms with van der Waals surface area (Å²) in [5.74, 6) is 3.48. The summed E-state index contributed by atoms with van der Waals surface area (Å²) in [4.78, 5) is 22.3. The van der Waals surface area contributed by atoms with Crippen LogP contribution in [0.1, 0.15) is 51.5 Å². The van der Waals surface area contributed by atoms with Crippen molar-refractivity contribution in [3.8, 4) is 11.5 Å². The first kappa shape index (κ1) is 21.9. The third kappa shape index (κ3) is 5.40. The molecule has 0 spiro atoms. The van der Waals surface area contributed by atoms with Gasteiger partial charge in [-0.2, -0.15) is 0 Å². The van der Waals surface area contributed by atoms with Crippen molar-refractivity contribution in [3.05, 3.63) is 36.2 Å². The van der Waals surface area contributed by atoms with Crippen molar-refractivity contribution < 1.29 is 14.3 Å². The minimum Gasteiger partial charge on any atom is -0.490 e. The molecule has 0 radical (unpaired) electrons. The highest BCUT2D eigenvalue weighted by Gasteiger charge is 2.28. The Morgan fingerprint density at radius 1 is 1.30 bits per heavy atom. The molecule has 1 N–H and O–H groups in total. The highest BCUT2D eigenvalue weighted by Crippen LogP contribution is 2.34. The number of nitrogens with one attached hydrogen (secondary N) is 1. The minimum atomic E-state index is 0.0808. The van der Waals surface area contributed by atoms with Crippen LogP contribution in [0.15, 0.2) is 30.6 Å². The van der Waals surface area contributed by atoms with Crippen molar-refractivity contribution in [3.63, 3.8) is 0 Å². The molecule has 7 heteroatoms. The lowest BCUT2D eigenvalue weighted by Gasteiger charge is -2.21. The van der Waals surface area contributed by atoms with E-state index in [1.54, 1.807) is 20.4 Å². The van der Waals surface area contributed by atoms with Gasteiger partial charge in [-0.3, -0.25) is 0 Å². The fourth-order valence-corrected chi connectivity index (χ4v) is 3.78. The molecule has 0 aliphatic carbocycles. The Morgan fingerprint density at radius 2 is 2.07 bits per heavy atom. The Hall–Kier alpha value is -2.83. The first-order valence-corrected chi connectivity index (χ1v) is 10.7. The van der Waals surface area contributed by atoms with Crippen LogP contribution in [0.3, 0.4) is 0 Å². The van der Waals surface area contributed by atoms with Crippen LogP contribution in [0.4, 0.5) is 11.6 Å². The third-order valence-corrected chi connectivity index (χ3v) is 5.32. The molecule has 30 heavy (non-hydrogen) atoms. The zero-order valence-corrected chi connectivity index (χ0v) is 18.4. The van der Waals surface area contributed by atoms with E-state index < -0.39 is 0 Å². The monoisotopic (exact) mass is 412 g/mol. The van der Waals surface area contributed by atoms with E-state index in [1.165, 1.54) is 0 Å². The van der Waals surface area contributed by atoms with Gasteiger partial charge in [0.15, 0.2) is 11.6 Å². The maximum atomic E-state index is 11.3. The minimum absolute atomic E-state index is 0.0808. The van der Waals surface area contributed by atoms with E-state index in [9.17, 15) is 4.79 Å². The molecular formula is C23H32N4O3. The Balaban J connectivity index is 1.63. The number of nitrogens with zero attached hydrogens (tertiary/aromatic N) is 3. The van der Waals surface area contributed by atoms with Crippen molar-refractivity contribution in [2.75, 3.05) is 37.0 Å². The van der Waals surface area contributed by atoms with Gasteiger partial charge >= 0.3 is 0 Å². The van der Waals surface area contributed by atoms with E-state index in [-0.39, 0.29) is 17.8 Å². The lowest BCUT2D eigenvalue weighted by molar-refractivity contribution is -0.117. The molecule has 2 atom stereocenters. The fourth-order valence-electron chi connectivity index (χ4n) is 3.78. The van der Waals surface area contributed by atoms with Crippen LogP contribution in [0, 0.1) is 0 Å². The van der Waals surface area contributed by atoms with Crippen molar-refractivity contribution in [1.82, 2.24) is 9.97 Å². The second-order valence-corrected chi connectivity index (χ2v) is 7.86. The van der Waals surface area contributed by atoms with Crippen LogP contribution >= 0.6 is 0 Å². The van der Waals surface area contributed by atoms with Gasteiger partial charge in [-0.15, -0.1) is 0 Å². The predicted molar refractivity (Wildman–Crippen MR) is 119 cm³/mol. The number of aromatic nitrogens is 2. The number of benzene rings is 1. The molecule has 1 aliphatic rings. The summed E-state index contributed by atoms with van der Waals surface area (Å²) in [6.07, 6.45) is 4.14. The maximum Gasteiger partial charge on any atom is 0.204 e. The van der Waals surface area contributed by atoms with E-state index >= 15 is 0 Å². The van der Waals surface area contributed by atoms with Gasteiger partial charge in [0.1, 0.15) is 24.0 Å². The number of hydrogen-bond donors (Lipinski definition) is 1. The van der Waals surface area contributed by atoms with E-state index in [1.807, 2.05) is 12.1 Å². The van der Waals surface area contributed by atoms with E-state index in [2.05, 4.69) is 46.2 Å². The SMILES string of the molecule is CCCNc1ncnc(N2CC[C@@H](Oc3ccc([C@H](C)CC(C)=O)cc3)C2)c1OC. The number of Topliss-reactive ketones (excluding diaryl/α,β-unsaturated/α-hetero) is 1. The quantitative estimate of drug-likeness (QED) is 0.631. The van der Waals surface area contributed by atoms with Crippen molar-refractivity contribution in [1.29, 1.82) is 0 Å². The molecule has 1 aliphatic heterocycles. The van der Waals surface area contributed by atoms with Gasteiger partial charge in [-0.1, -0.05) is 26.0 Å². The second-order valence-electron chi connectivity index (χ2n) is 7.86. The first-order valence-electron chi connectivity index (χ1n) is 10.7. The molecule has 1 saturated heterocycles. The lowest BCUT2D eigenvalue weighted by atomic mass is 9.96. The van der Waals surface area contributed by atoms with E-state index in [0.29, 0.717) is 12.2 Å².